The number of halogens is 4. The molecule has 0 aliphatic carbocycles. The van der Waals surface area contributed by atoms with Gasteiger partial charge >= 0.3 is 6.18 Å². The molecule has 2 heterocycles. The summed E-state index contributed by atoms with van der Waals surface area (Å²) in [7, 11) is 0. The summed E-state index contributed by atoms with van der Waals surface area (Å²) in [5.74, 6) is 0.808. The van der Waals surface area contributed by atoms with E-state index in [0.29, 0.717) is 18.8 Å². The van der Waals surface area contributed by atoms with Gasteiger partial charge in [0.15, 0.2) is 0 Å². The number of benzene rings is 1. The van der Waals surface area contributed by atoms with Crippen LogP contribution in [0.5, 0.6) is 5.75 Å². The minimum atomic E-state index is -4.51. The second-order valence-corrected chi connectivity index (χ2v) is 6.04. The quantitative estimate of drug-likeness (QED) is 0.738. The lowest BCUT2D eigenvalue weighted by Gasteiger charge is -2.34. The number of nitrogens with zero attached hydrogens (tertiary/aromatic N) is 2. The van der Waals surface area contributed by atoms with E-state index >= 15 is 0 Å². The third-order valence-corrected chi connectivity index (χ3v) is 4.12. The fourth-order valence-electron chi connectivity index (χ4n) is 2.73. The van der Waals surface area contributed by atoms with Gasteiger partial charge in [-0.05, 0) is 24.3 Å². The molecule has 128 valence electrons. The molecule has 0 N–H and O–H groups in total. The largest absolute Gasteiger partial charge is 0.490 e. The van der Waals surface area contributed by atoms with Crippen LogP contribution in [0.2, 0.25) is 5.15 Å². The molecule has 1 aliphatic rings. The molecule has 1 aromatic carbocycles. The van der Waals surface area contributed by atoms with Gasteiger partial charge in [-0.1, -0.05) is 29.8 Å². The molecule has 7 heteroatoms. The highest BCUT2D eigenvalue weighted by molar-refractivity contribution is 6.29. The predicted molar refractivity (Wildman–Crippen MR) is 86.6 cm³/mol. The van der Waals surface area contributed by atoms with Crippen LogP contribution < -0.4 is 9.64 Å². The Hall–Kier alpha value is -1.95. The van der Waals surface area contributed by atoms with Crippen molar-refractivity contribution in [3.05, 3.63) is 53.3 Å². The number of rotatable bonds is 3. The molecule has 24 heavy (non-hydrogen) atoms. The number of anilines is 1. The molecule has 0 radical (unpaired) electrons. The zero-order valence-electron chi connectivity index (χ0n) is 12.8. The second kappa shape index (κ2) is 6.89. The molecule has 0 saturated carbocycles. The van der Waals surface area contributed by atoms with E-state index in [4.69, 9.17) is 16.3 Å². The molecular weight excluding hydrogens is 341 g/mol. The van der Waals surface area contributed by atoms with E-state index in [-0.39, 0.29) is 11.3 Å². The summed E-state index contributed by atoms with van der Waals surface area (Å²) < 4.78 is 44.5. The summed E-state index contributed by atoms with van der Waals surface area (Å²) in [6.45, 7) is 1.21. The highest BCUT2D eigenvalue weighted by Crippen LogP contribution is 2.33. The van der Waals surface area contributed by atoms with Crippen molar-refractivity contribution in [1.82, 2.24) is 4.98 Å². The van der Waals surface area contributed by atoms with Crippen molar-refractivity contribution in [3.63, 3.8) is 0 Å². The van der Waals surface area contributed by atoms with Crippen LogP contribution in [0.25, 0.3) is 0 Å². The van der Waals surface area contributed by atoms with Crippen LogP contribution in [0.15, 0.2) is 42.5 Å². The topological polar surface area (TPSA) is 25.4 Å². The summed E-state index contributed by atoms with van der Waals surface area (Å²) in [5, 5.41) is -0.150. The maximum atomic E-state index is 12.9. The second-order valence-electron chi connectivity index (χ2n) is 5.65. The molecule has 0 spiro atoms. The minimum Gasteiger partial charge on any atom is -0.490 e. The normalized spacial score (nSPS) is 16.2. The van der Waals surface area contributed by atoms with Crippen LogP contribution >= 0.6 is 11.6 Å². The van der Waals surface area contributed by atoms with Crippen molar-refractivity contribution in [2.75, 3.05) is 18.0 Å². The molecule has 1 saturated heterocycles. The van der Waals surface area contributed by atoms with Crippen molar-refractivity contribution < 1.29 is 17.9 Å². The molecule has 3 nitrogen and oxygen atoms in total. The van der Waals surface area contributed by atoms with E-state index in [9.17, 15) is 13.2 Å². The van der Waals surface area contributed by atoms with Gasteiger partial charge in [-0.15, -0.1) is 0 Å². The Kier molecular flexibility index (Phi) is 4.85. The highest BCUT2D eigenvalue weighted by atomic mass is 35.5. The molecular formula is C17H16ClF3N2O. The average molecular weight is 357 g/mol. The van der Waals surface area contributed by atoms with Gasteiger partial charge in [0.1, 0.15) is 22.7 Å². The molecule has 0 bridgehead atoms. The lowest BCUT2D eigenvalue weighted by atomic mass is 10.1. The van der Waals surface area contributed by atoms with Crippen LogP contribution in [0.3, 0.4) is 0 Å². The number of hydrogen-bond acceptors (Lipinski definition) is 3. The zero-order chi connectivity index (χ0) is 17.2. The van der Waals surface area contributed by atoms with Crippen molar-refractivity contribution in [1.29, 1.82) is 0 Å². The van der Waals surface area contributed by atoms with Crippen LogP contribution in [0.1, 0.15) is 18.5 Å². The summed E-state index contributed by atoms with van der Waals surface area (Å²) in [6, 6.07) is 12.0. The van der Waals surface area contributed by atoms with Gasteiger partial charge in [0.2, 0.25) is 0 Å². The van der Waals surface area contributed by atoms with E-state index in [0.717, 1.165) is 24.7 Å². The Labute approximate surface area is 143 Å². The molecule has 0 amide bonds. The summed E-state index contributed by atoms with van der Waals surface area (Å²) >= 11 is 5.75. The third kappa shape index (κ3) is 4.12. The summed E-state index contributed by atoms with van der Waals surface area (Å²) in [4.78, 5) is 5.24. The molecule has 0 atom stereocenters. The molecule has 1 aromatic heterocycles. The first kappa shape index (κ1) is 16.9. The fourth-order valence-corrected chi connectivity index (χ4v) is 2.94. The molecule has 1 fully saturated rings. The number of ether oxygens (including phenoxy) is 1. The van der Waals surface area contributed by atoms with Gasteiger partial charge < -0.3 is 9.64 Å². The maximum Gasteiger partial charge on any atom is 0.433 e. The van der Waals surface area contributed by atoms with E-state index in [1.54, 1.807) is 0 Å². The Bertz CT molecular complexity index is 686. The van der Waals surface area contributed by atoms with E-state index in [2.05, 4.69) is 4.98 Å². The van der Waals surface area contributed by atoms with Gasteiger partial charge in [-0.3, -0.25) is 0 Å². The first-order valence-electron chi connectivity index (χ1n) is 7.63. The third-order valence-electron chi connectivity index (χ3n) is 3.92. The Balaban J connectivity index is 1.65. The number of hydrogen-bond donors (Lipinski definition) is 0. The Morgan fingerprint density at radius 3 is 2.38 bits per heavy atom. The Morgan fingerprint density at radius 1 is 1.08 bits per heavy atom. The maximum absolute atomic E-state index is 12.9. The zero-order valence-corrected chi connectivity index (χ0v) is 13.5. The SMILES string of the molecule is FC(F)(F)c1cc(N2CCC(Oc3ccccc3)CC2)cc(Cl)n1. The van der Waals surface area contributed by atoms with Crippen LogP contribution in [-0.4, -0.2) is 24.2 Å². The number of aromatic nitrogens is 1. The number of para-hydroxylation sites is 1. The fraction of sp³-hybridized carbons (Fsp3) is 0.353. The summed E-state index contributed by atoms with van der Waals surface area (Å²) in [6.07, 6.45) is -2.98. The van der Waals surface area contributed by atoms with E-state index in [1.165, 1.54) is 6.07 Å². The highest BCUT2D eigenvalue weighted by Gasteiger charge is 2.34. The molecule has 2 aromatic rings. The predicted octanol–water partition coefficient (Wildman–Crippen LogP) is 4.80. The van der Waals surface area contributed by atoms with Crippen LogP contribution in [-0.2, 0) is 6.18 Å². The van der Waals surface area contributed by atoms with Gasteiger partial charge in [0.25, 0.3) is 0 Å². The van der Waals surface area contributed by atoms with Crippen LogP contribution in [0, 0.1) is 0 Å². The van der Waals surface area contributed by atoms with Gasteiger partial charge in [0.05, 0.1) is 0 Å². The number of piperidine rings is 1. The average Bonchev–Trinajstić information content (AvgIpc) is 2.55. The monoisotopic (exact) mass is 356 g/mol. The molecule has 3 rings (SSSR count). The van der Waals surface area contributed by atoms with Crippen molar-refractivity contribution >= 4 is 17.3 Å². The Morgan fingerprint density at radius 2 is 1.75 bits per heavy atom. The van der Waals surface area contributed by atoms with Gasteiger partial charge in [-0.25, -0.2) is 4.98 Å². The molecule has 1 aliphatic heterocycles. The van der Waals surface area contributed by atoms with Crippen molar-refractivity contribution in [2.45, 2.75) is 25.1 Å². The van der Waals surface area contributed by atoms with Gasteiger partial charge in [-0.2, -0.15) is 13.2 Å². The van der Waals surface area contributed by atoms with E-state index in [1.807, 2.05) is 35.2 Å². The van der Waals surface area contributed by atoms with E-state index < -0.39 is 11.9 Å². The number of pyridine rings is 1. The van der Waals surface area contributed by atoms with Crippen molar-refractivity contribution in [3.8, 4) is 5.75 Å². The van der Waals surface area contributed by atoms with Gasteiger partial charge in [0, 0.05) is 31.6 Å². The van der Waals surface area contributed by atoms with Crippen molar-refractivity contribution in [2.24, 2.45) is 0 Å². The first-order valence-corrected chi connectivity index (χ1v) is 8.01. The summed E-state index contributed by atoms with van der Waals surface area (Å²) in [5.41, 5.74) is -0.520. The van der Waals surface area contributed by atoms with Crippen LogP contribution in [0.4, 0.5) is 18.9 Å². The minimum absolute atomic E-state index is 0.0584. The lowest BCUT2D eigenvalue weighted by molar-refractivity contribution is -0.141. The first-order chi connectivity index (χ1) is 11.4. The molecule has 0 unspecified atom stereocenters. The smallest absolute Gasteiger partial charge is 0.433 e. The standard InChI is InChI=1S/C17H16ClF3N2O/c18-16-11-12(10-15(22-16)17(19,20)21)23-8-6-14(7-9-23)24-13-4-2-1-3-5-13/h1-5,10-11,14H,6-9H2. The number of alkyl halides is 3. The lowest BCUT2D eigenvalue weighted by Crippen LogP contribution is -2.38.